The first-order valence-corrected chi connectivity index (χ1v) is 5.66. The van der Waals surface area contributed by atoms with Crippen molar-refractivity contribution in [3.8, 4) is 0 Å². The lowest BCUT2D eigenvalue weighted by Crippen LogP contribution is -2.25. The molecule has 1 rings (SSSR count). The lowest BCUT2D eigenvalue weighted by Gasteiger charge is -2.03. The molecule has 1 aromatic rings. The van der Waals surface area contributed by atoms with Gasteiger partial charge in [-0.2, -0.15) is 0 Å². The molecule has 1 aromatic heterocycles. The second kappa shape index (κ2) is 7.38. The van der Waals surface area contributed by atoms with E-state index in [9.17, 15) is 9.59 Å². The number of rotatable bonds is 7. The maximum atomic E-state index is 11.6. The number of amides is 1. The molecule has 1 amide bonds. The summed E-state index contributed by atoms with van der Waals surface area (Å²) in [5, 5.41) is 11.2. The number of nitrogens with one attached hydrogen (secondary N) is 2. The highest BCUT2D eigenvalue weighted by Crippen LogP contribution is 1.99. The number of carbonyl (C=O) groups is 2. The fraction of sp³-hybridized carbons (Fsp3) is 0.417. The molecule has 1 heterocycles. The number of unbranched alkanes of at least 4 members (excludes halogenated alkanes) is 2. The Morgan fingerprint density at radius 1 is 1.29 bits per heavy atom. The van der Waals surface area contributed by atoms with Gasteiger partial charge in [0, 0.05) is 19.0 Å². The summed E-state index contributed by atoms with van der Waals surface area (Å²) in [5.41, 5.74) is 0.595. The standard InChI is InChI=1S/C12H16N2O3/c15-11(16)6-2-1-3-8-14-12(17)10-5-4-7-13-9-10/h4-5,7,9H,1-3,6,8H2,(H,14,17)(H,15,16)/p+1. The van der Waals surface area contributed by atoms with Gasteiger partial charge in [0.05, 0.1) is 0 Å². The summed E-state index contributed by atoms with van der Waals surface area (Å²) in [6.07, 6.45) is 5.84. The highest BCUT2D eigenvalue weighted by molar-refractivity contribution is 5.93. The number of H-pyrrole nitrogens is 1. The molecule has 0 saturated heterocycles. The van der Waals surface area contributed by atoms with Gasteiger partial charge in [0.1, 0.15) is 5.56 Å². The Morgan fingerprint density at radius 2 is 2.12 bits per heavy atom. The molecular weight excluding hydrogens is 220 g/mol. The molecule has 0 bridgehead atoms. The van der Waals surface area contributed by atoms with Crippen molar-refractivity contribution >= 4 is 11.9 Å². The van der Waals surface area contributed by atoms with E-state index in [1.165, 1.54) is 0 Å². The molecular formula is C12H17N2O3+. The second-order valence-electron chi connectivity index (χ2n) is 3.75. The van der Waals surface area contributed by atoms with E-state index < -0.39 is 5.97 Å². The number of carbonyl (C=O) groups excluding carboxylic acids is 1. The molecule has 0 aromatic carbocycles. The maximum Gasteiger partial charge on any atom is 0.303 e. The summed E-state index contributed by atoms with van der Waals surface area (Å²) >= 11 is 0. The van der Waals surface area contributed by atoms with Crippen molar-refractivity contribution < 1.29 is 19.7 Å². The topological polar surface area (TPSA) is 80.5 Å². The molecule has 17 heavy (non-hydrogen) atoms. The summed E-state index contributed by atoms with van der Waals surface area (Å²) in [5.74, 6) is -0.881. The Labute approximate surface area is 99.9 Å². The van der Waals surface area contributed by atoms with Gasteiger partial charge in [-0.1, -0.05) is 6.42 Å². The largest absolute Gasteiger partial charge is 0.481 e. The van der Waals surface area contributed by atoms with Crippen LogP contribution in [-0.2, 0) is 4.79 Å². The van der Waals surface area contributed by atoms with E-state index in [1.54, 1.807) is 24.5 Å². The van der Waals surface area contributed by atoms with Gasteiger partial charge in [-0.3, -0.25) is 9.59 Å². The minimum absolute atomic E-state index is 0.111. The maximum absolute atomic E-state index is 11.6. The van der Waals surface area contributed by atoms with Crippen molar-refractivity contribution in [3.05, 3.63) is 30.1 Å². The molecule has 0 spiro atoms. The summed E-state index contributed by atoms with van der Waals surface area (Å²) in [7, 11) is 0. The van der Waals surface area contributed by atoms with Gasteiger partial charge in [-0.05, 0) is 18.9 Å². The number of aliphatic carboxylic acids is 1. The third-order valence-corrected chi connectivity index (χ3v) is 2.32. The molecule has 0 radical (unpaired) electrons. The van der Waals surface area contributed by atoms with E-state index in [-0.39, 0.29) is 12.3 Å². The van der Waals surface area contributed by atoms with Crippen LogP contribution >= 0.6 is 0 Å². The minimum atomic E-state index is -0.770. The van der Waals surface area contributed by atoms with Crippen molar-refractivity contribution in [2.24, 2.45) is 0 Å². The van der Waals surface area contributed by atoms with Crippen LogP contribution in [0.1, 0.15) is 36.0 Å². The molecule has 0 fully saturated rings. The Kier molecular flexibility index (Phi) is 5.71. The average Bonchev–Trinajstić information content (AvgIpc) is 2.34. The molecule has 5 heteroatoms. The van der Waals surface area contributed by atoms with Crippen LogP contribution in [0.15, 0.2) is 24.5 Å². The van der Waals surface area contributed by atoms with Gasteiger partial charge in [0.15, 0.2) is 12.4 Å². The molecule has 5 nitrogen and oxygen atoms in total. The molecule has 0 unspecified atom stereocenters. The van der Waals surface area contributed by atoms with Gasteiger partial charge >= 0.3 is 5.97 Å². The van der Waals surface area contributed by atoms with Gasteiger partial charge in [0.2, 0.25) is 0 Å². The first-order valence-electron chi connectivity index (χ1n) is 5.66. The summed E-state index contributed by atoms with van der Waals surface area (Å²) in [6.45, 7) is 0.577. The minimum Gasteiger partial charge on any atom is -0.481 e. The highest BCUT2D eigenvalue weighted by atomic mass is 16.4. The predicted molar refractivity (Wildman–Crippen MR) is 61.4 cm³/mol. The van der Waals surface area contributed by atoms with Crippen LogP contribution in [-0.4, -0.2) is 23.5 Å². The Balaban J connectivity index is 2.11. The fourth-order valence-corrected chi connectivity index (χ4v) is 1.42. The van der Waals surface area contributed by atoms with Crippen LogP contribution in [0, 0.1) is 0 Å². The van der Waals surface area contributed by atoms with Crippen LogP contribution in [0.2, 0.25) is 0 Å². The summed E-state index contributed by atoms with van der Waals surface area (Å²) < 4.78 is 0. The van der Waals surface area contributed by atoms with Crippen molar-refractivity contribution in [2.75, 3.05) is 6.54 Å². The molecule has 0 aliphatic carbocycles. The predicted octanol–water partition coefficient (Wildman–Crippen LogP) is 0.875. The van der Waals surface area contributed by atoms with E-state index in [4.69, 9.17) is 5.11 Å². The van der Waals surface area contributed by atoms with Crippen molar-refractivity contribution in [3.63, 3.8) is 0 Å². The first-order chi connectivity index (χ1) is 8.20. The van der Waals surface area contributed by atoms with E-state index in [2.05, 4.69) is 10.3 Å². The number of carboxylic acid groups (broad SMARTS) is 1. The third kappa shape index (κ3) is 5.65. The van der Waals surface area contributed by atoms with E-state index in [0.717, 1.165) is 12.8 Å². The quantitative estimate of drug-likeness (QED) is 0.691. The van der Waals surface area contributed by atoms with E-state index in [1.807, 2.05) is 0 Å². The van der Waals surface area contributed by atoms with Crippen LogP contribution in [0.25, 0.3) is 0 Å². The first kappa shape index (κ1) is 13.2. The van der Waals surface area contributed by atoms with E-state index >= 15 is 0 Å². The van der Waals surface area contributed by atoms with Crippen molar-refractivity contribution in [2.45, 2.75) is 25.7 Å². The molecule has 0 aliphatic rings. The number of aromatic amines is 1. The zero-order chi connectivity index (χ0) is 12.5. The molecule has 0 saturated carbocycles. The Hall–Kier alpha value is -1.91. The van der Waals surface area contributed by atoms with Gasteiger partial charge < -0.3 is 10.4 Å². The number of carboxylic acids is 1. The lowest BCUT2D eigenvalue weighted by molar-refractivity contribution is -0.378. The number of pyridine rings is 1. The monoisotopic (exact) mass is 237 g/mol. The van der Waals surface area contributed by atoms with Gasteiger partial charge in [-0.25, -0.2) is 4.98 Å². The molecule has 92 valence electrons. The number of aromatic nitrogens is 1. The second-order valence-corrected chi connectivity index (χ2v) is 3.75. The van der Waals surface area contributed by atoms with E-state index in [0.29, 0.717) is 18.5 Å². The molecule has 0 aliphatic heterocycles. The van der Waals surface area contributed by atoms with Crippen molar-refractivity contribution in [1.82, 2.24) is 5.32 Å². The van der Waals surface area contributed by atoms with Crippen LogP contribution < -0.4 is 10.3 Å². The fourth-order valence-electron chi connectivity index (χ4n) is 1.42. The lowest BCUT2D eigenvalue weighted by atomic mass is 10.2. The van der Waals surface area contributed by atoms with Crippen LogP contribution in [0.4, 0.5) is 0 Å². The SMILES string of the molecule is O=C(O)CCCCCNC(=O)c1ccc[nH+]c1. The number of hydrogen-bond donors (Lipinski definition) is 2. The van der Waals surface area contributed by atoms with Gasteiger partial charge in [0.25, 0.3) is 5.91 Å². The Morgan fingerprint density at radius 3 is 2.76 bits per heavy atom. The highest BCUT2D eigenvalue weighted by Gasteiger charge is 2.05. The smallest absolute Gasteiger partial charge is 0.303 e. The summed E-state index contributed by atoms with van der Waals surface area (Å²) in [6, 6.07) is 3.50. The normalized spacial score (nSPS) is 9.88. The van der Waals surface area contributed by atoms with Crippen LogP contribution in [0.3, 0.4) is 0 Å². The molecule has 0 atom stereocenters. The van der Waals surface area contributed by atoms with Gasteiger partial charge in [-0.15, -0.1) is 0 Å². The number of hydrogen-bond acceptors (Lipinski definition) is 2. The third-order valence-electron chi connectivity index (χ3n) is 2.32. The summed E-state index contributed by atoms with van der Waals surface area (Å²) in [4.78, 5) is 24.7. The zero-order valence-electron chi connectivity index (χ0n) is 9.61. The van der Waals surface area contributed by atoms with Crippen LogP contribution in [0.5, 0.6) is 0 Å². The average molecular weight is 237 g/mol. The van der Waals surface area contributed by atoms with Crippen molar-refractivity contribution in [1.29, 1.82) is 0 Å². The Bertz CT molecular complexity index is 365. The molecule has 3 N–H and O–H groups in total. The zero-order valence-corrected chi connectivity index (χ0v) is 9.61.